The van der Waals surface area contributed by atoms with Gasteiger partial charge in [-0.05, 0) is 13.8 Å². The minimum absolute atomic E-state index is 0.182. The molecule has 1 aromatic heterocycles. The van der Waals surface area contributed by atoms with E-state index in [9.17, 15) is 20.1 Å². The molecule has 0 aromatic carbocycles. The van der Waals surface area contributed by atoms with E-state index in [0.717, 1.165) is 0 Å². The number of morpholine rings is 1. The van der Waals surface area contributed by atoms with Gasteiger partial charge in [-0.25, -0.2) is 0 Å². The van der Waals surface area contributed by atoms with Gasteiger partial charge in [0.05, 0.1) is 37.7 Å². The lowest BCUT2D eigenvalue weighted by Gasteiger charge is -2.35. The second-order valence-electron chi connectivity index (χ2n) is 6.15. The van der Waals surface area contributed by atoms with Crippen molar-refractivity contribution in [3.8, 4) is 5.75 Å². The zero-order valence-corrected chi connectivity index (χ0v) is 13.1. The largest absolute Gasteiger partial charge is 0.503 e. The minimum Gasteiger partial charge on any atom is -0.503 e. The number of nitrogens with zero attached hydrogens (tertiary/aromatic N) is 2. The minimum atomic E-state index is -0.745. The lowest BCUT2D eigenvalue weighted by atomic mass is 10.0. The van der Waals surface area contributed by atoms with Crippen molar-refractivity contribution in [2.24, 2.45) is 0 Å². The van der Waals surface area contributed by atoms with Crippen LogP contribution in [0.25, 0.3) is 0 Å². The number of aromatic hydroxyl groups is 1. The topological polar surface area (TPSA) is 95.2 Å². The summed E-state index contributed by atoms with van der Waals surface area (Å²) in [5.74, 6) is -0.329. The van der Waals surface area contributed by atoms with E-state index < -0.39 is 11.0 Å². The fraction of sp³-hybridized carbons (Fsp3) is 0.667. The van der Waals surface area contributed by atoms with E-state index in [1.165, 1.54) is 6.07 Å². The summed E-state index contributed by atoms with van der Waals surface area (Å²) in [4.78, 5) is 14.0. The number of aliphatic hydroxyl groups is 2. The van der Waals surface area contributed by atoms with E-state index in [-0.39, 0.29) is 19.0 Å². The third-order valence-corrected chi connectivity index (χ3v) is 3.99. The predicted octanol–water partition coefficient (Wildman–Crippen LogP) is -0.394. The van der Waals surface area contributed by atoms with Crippen LogP contribution in [0.15, 0.2) is 10.9 Å². The average Bonchev–Trinajstić information content (AvgIpc) is 2.52. The second kappa shape index (κ2) is 6.78. The van der Waals surface area contributed by atoms with Gasteiger partial charge < -0.3 is 24.6 Å². The number of pyridine rings is 1. The van der Waals surface area contributed by atoms with Crippen LogP contribution in [0.4, 0.5) is 0 Å². The highest BCUT2D eigenvalue weighted by Crippen LogP contribution is 2.26. The number of rotatable bonds is 5. The molecule has 0 amide bonds. The first-order valence-electron chi connectivity index (χ1n) is 7.40. The van der Waals surface area contributed by atoms with Crippen molar-refractivity contribution in [3.05, 3.63) is 27.7 Å². The van der Waals surface area contributed by atoms with Crippen molar-refractivity contribution in [2.45, 2.75) is 32.5 Å². The summed E-state index contributed by atoms with van der Waals surface area (Å²) in [7, 11) is 0. The first kappa shape index (κ1) is 17.0. The molecule has 0 bridgehead atoms. The SMILES string of the molecule is CC(C)(CO)n1c(CO)cc(=O)c(O)c1CN1CCOCC1. The Balaban J connectivity index is 2.52. The number of aromatic nitrogens is 1. The Kier molecular flexibility index (Phi) is 5.23. The van der Waals surface area contributed by atoms with Gasteiger partial charge in [-0.1, -0.05) is 0 Å². The standard InChI is InChI=1S/C15H24N2O5/c1-15(2,10-19)17-11(9-18)7-13(20)14(21)12(17)8-16-3-5-22-6-4-16/h7,18-19,21H,3-6,8-10H2,1-2H3. The maximum absolute atomic E-state index is 11.9. The highest BCUT2D eigenvalue weighted by Gasteiger charge is 2.28. The van der Waals surface area contributed by atoms with E-state index in [0.29, 0.717) is 44.2 Å². The van der Waals surface area contributed by atoms with Crippen LogP contribution in [0, 0.1) is 0 Å². The highest BCUT2D eigenvalue weighted by atomic mass is 16.5. The predicted molar refractivity (Wildman–Crippen MR) is 80.8 cm³/mol. The molecular formula is C15H24N2O5. The van der Waals surface area contributed by atoms with E-state index in [4.69, 9.17) is 4.74 Å². The van der Waals surface area contributed by atoms with Gasteiger partial charge in [-0.3, -0.25) is 9.69 Å². The first-order chi connectivity index (χ1) is 10.4. The number of aliphatic hydroxyl groups excluding tert-OH is 2. The zero-order chi connectivity index (χ0) is 16.3. The molecule has 0 saturated carbocycles. The van der Waals surface area contributed by atoms with Crippen molar-refractivity contribution < 1.29 is 20.1 Å². The quantitative estimate of drug-likeness (QED) is 0.685. The van der Waals surface area contributed by atoms with Gasteiger partial charge >= 0.3 is 0 Å². The van der Waals surface area contributed by atoms with Crippen LogP contribution in [0.3, 0.4) is 0 Å². The van der Waals surface area contributed by atoms with Crippen LogP contribution in [-0.2, 0) is 23.4 Å². The Morgan fingerprint density at radius 3 is 2.45 bits per heavy atom. The summed E-state index contributed by atoms with van der Waals surface area (Å²) in [6.07, 6.45) is 0. The summed E-state index contributed by atoms with van der Waals surface area (Å²) in [5.41, 5.74) is -0.467. The Morgan fingerprint density at radius 2 is 1.91 bits per heavy atom. The molecule has 124 valence electrons. The van der Waals surface area contributed by atoms with Gasteiger partial charge in [0.25, 0.3) is 0 Å². The van der Waals surface area contributed by atoms with Crippen LogP contribution >= 0.6 is 0 Å². The molecule has 1 aromatic rings. The maximum atomic E-state index is 11.9. The van der Waals surface area contributed by atoms with E-state index >= 15 is 0 Å². The average molecular weight is 312 g/mol. The summed E-state index contributed by atoms with van der Waals surface area (Å²) in [6, 6.07) is 1.22. The monoisotopic (exact) mass is 312 g/mol. The van der Waals surface area contributed by atoms with Crippen molar-refractivity contribution in [2.75, 3.05) is 32.9 Å². The van der Waals surface area contributed by atoms with Crippen LogP contribution in [0.2, 0.25) is 0 Å². The van der Waals surface area contributed by atoms with E-state index in [1.807, 2.05) is 0 Å². The van der Waals surface area contributed by atoms with E-state index in [1.54, 1.807) is 18.4 Å². The Hall–Kier alpha value is -1.41. The van der Waals surface area contributed by atoms with Gasteiger partial charge in [-0.15, -0.1) is 0 Å². The molecular weight excluding hydrogens is 288 g/mol. The summed E-state index contributed by atoms with van der Waals surface area (Å²) in [5, 5.41) is 29.5. The van der Waals surface area contributed by atoms with Crippen molar-refractivity contribution in [1.82, 2.24) is 9.47 Å². The van der Waals surface area contributed by atoms with Crippen molar-refractivity contribution >= 4 is 0 Å². The molecule has 0 atom stereocenters. The molecule has 0 unspecified atom stereocenters. The molecule has 1 aliphatic rings. The number of hydrogen-bond donors (Lipinski definition) is 3. The van der Waals surface area contributed by atoms with Crippen LogP contribution in [0.5, 0.6) is 5.75 Å². The molecule has 1 fully saturated rings. The van der Waals surface area contributed by atoms with Gasteiger partial charge in [0.15, 0.2) is 5.75 Å². The lowest BCUT2D eigenvalue weighted by Crippen LogP contribution is -2.41. The van der Waals surface area contributed by atoms with Gasteiger partial charge in [0, 0.05) is 31.4 Å². The fourth-order valence-electron chi connectivity index (χ4n) is 2.76. The summed E-state index contributed by atoms with van der Waals surface area (Å²) >= 11 is 0. The third-order valence-electron chi connectivity index (χ3n) is 3.99. The Bertz CT molecular complexity index is 576. The zero-order valence-electron chi connectivity index (χ0n) is 13.1. The van der Waals surface area contributed by atoms with Crippen LogP contribution < -0.4 is 5.43 Å². The Labute approximate surface area is 129 Å². The lowest BCUT2D eigenvalue weighted by molar-refractivity contribution is 0.0312. The number of hydrogen-bond acceptors (Lipinski definition) is 6. The summed E-state index contributed by atoms with van der Waals surface area (Å²) < 4.78 is 6.97. The van der Waals surface area contributed by atoms with Crippen LogP contribution in [-0.4, -0.2) is 57.7 Å². The first-order valence-corrected chi connectivity index (χ1v) is 7.40. The van der Waals surface area contributed by atoms with E-state index in [2.05, 4.69) is 4.90 Å². The molecule has 22 heavy (non-hydrogen) atoms. The normalized spacial score (nSPS) is 16.9. The Morgan fingerprint density at radius 1 is 1.27 bits per heavy atom. The van der Waals surface area contributed by atoms with Crippen molar-refractivity contribution in [3.63, 3.8) is 0 Å². The smallest absolute Gasteiger partial charge is 0.223 e. The fourth-order valence-corrected chi connectivity index (χ4v) is 2.76. The molecule has 2 heterocycles. The third kappa shape index (κ3) is 3.33. The van der Waals surface area contributed by atoms with Gasteiger partial charge in [-0.2, -0.15) is 0 Å². The molecule has 0 aliphatic carbocycles. The molecule has 0 spiro atoms. The molecule has 0 radical (unpaired) electrons. The molecule has 1 saturated heterocycles. The second-order valence-corrected chi connectivity index (χ2v) is 6.15. The maximum Gasteiger partial charge on any atom is 0.223 e. The molecule has 2 rings (SSSR count). The molecule has 7 nitrogen and oxygen atoms in total. The van der Waals surface area contributed by atoms with Gasteiger partial charge in [0.2, 0.25) is 5.43 Å². The van der Waals surface area contributed by atoms with Crippen molar-refractivity contribution in [1.29, 1.82) is 0 Å². The van der Waals surface area contributed by atoms with Crippen LogP contribution in [0.1, 0.15) is 25.2 Å². The summed E-state index contributed by atoms with van der Waals surface area (Å²) in [6.45, 7) is 6.04. The molecule has 3 N–H and O–H groups in total. The number of ether oxygens (including phenoxy) is 1. The van der Waals surface area contributed by atoms with Gasteiger partial charge in [0.1, 0.15) is 0 Å². The molecule has 7 heteroatoms. The highest BCUT2D eigenvalue weighted by molar-refractivity contribution is 5.31. The molecule has 1 aliphatic heterocycles.